The van der Waals surface area contributed by atoms with Crippen molar-refractivity contribution in [3.8, 4) is 0 Å². The second kappa shape index (κ2) is 4.81. The van der Waals surface area contributed by atoms with Crippen LogP contribution in [0.1, 0.15) is 27.2 Å². The topological polar surface area (TPSA) is 81.4 Å². The molecule has 0 aliphatic carbocycles. The van der Waals surface area contributed by atoms with Crippen LogP contribution in [-0.4, -0.2) is 29.6 Å². The Morgan fingerprint density at radius 3 is 2.53 bits per heavy atom. The van der Waals surface area contributed by atoms with Gasteiger partial charge in [0.05, 0.1) is 6.04 Å². The molecule has 0 aromatic heterocycles. The molecule has 2 atom stereocenters. The SMILES string of the molecule is CC(N)C(=O)NC1CC(C)(C)OC1=O.Cl. The Kier molecular flexibility index (Phi) is 4.55. The maximum absolute atomic E-state index is 11.3. The van der Waals surface area contributed by atoms with E-state index in [1.807, 2.05) is 13.8 Å². The summed E-state index contributed by atoms with van der Waals surface area (Å²) >= 11 is 0. The first kappa shape index (κ1) is 14.2. The standard InChI is InChI=1S/C9H16N2O3.ClH/c1-5(10)7(12)11-6-4-9(2,3)14-8(6)13;/h5-6H,4,10H2,1-3H3,(H,11,12);1H. The van der Waals surface area contributed by atoms with Crippen LogP contribution in [-0.2, 0) is 14.3 Å². The molecule has 1 fully saturated rings. The van der Waals surface area contributed by atoms with Crippen LogP contribution in [0.25, 0.3) is 0 Å². The van der Waals surface area contributed by atoms with E-state index in [1.165, 1.54) is 0 Å². The number of halogens is 1. The van der Waals surface area contributed by atoms with Crippen molar-refractivity contribution in [1.82, 2.24) is 5.32 Å². The predicted octanol–water partition coefficient (Wildman–Crippen LogP) is -0.0343. The fourth-order valence-corrected chi connectivity index (χ4v) is 1.37. The van der Waals surface area contributed by atoms with Crippen LogP contribution in [0, 0.1) is 0 Å². The van der Waals surface area contributed by atoms with E-state index in [2.05, 4.69) is 5.32 Å². The Bertz CT molecular complexity index is 266. The summed E-state index contributed by atoms with van der Waals surface area (Å²) in [6.07, 6.45) is 0.490. The third-order valence-corrected chi connectivity index (χ3v) is 2.09. The number of nitrogens with one attached hydrogen (secondary N) is 1. The van der Waals surface area contributed by atoms with Gasteiger partial charge in [0.1, 0.15) is 11.6 Å². The molecule has 1 amide bonds. The van der Waals surface area contributed by atoms with Gasteiger partial charge >= 0.3 is 5.97 Å². The minimum Gasteiger partial charge on any atom is -0.458 e. The van der Waals surface area contributed by atoms with Gasteiger partial charge < -0.3 is 15.8 Å². The quantitative estimate of drug-likeness (QED) is 0.660. The zero-order valence-corrected chi connectivity index (χ0v) is 9.89. The summed E-state index contributed by atoms with van der Waals surface area (Å²) in [6, 6.07) is -1.16. The summed E-state index contributed by atoms with van der Waals surface area (Å²) in [5, 5.41) is 2.55. The van der Waals surface area contributed by atoms with Gasteiger partial charge in [-0.05, 0) is 20.8 Å². The Morgan fingerprint density at radius 1 is 1.67 bits per heavy atom. The number of carbonyl (C=O) groups is 2. The van der Waals surface area contributed by atoms with Crippen molar-refractivity contribution < 1.29 is 14.3 Å². The molecule has 1 aliphatic rings. The molecule has 88 valence electrons. The summed E-state index contributed by atoms with van der Waals surface area (Å²) in [4.78, 5) is 22.5. The maximum atomic E-state index is 11.3. The fourth-order valence-electron chi connectivity index (χ4n) is 1.37. The number of rotatable bonds is 2. The summed E-state index contributed by atoms with van der Waals surface area (Å²) in [7, 11) is 0. The third-order valence-electron chi connectivity index (χ3n) is 2.09. The molecular formula is C9H17ClN2O3. The second-order valence-electron chi connectivity index (χ2n) is 4.23. The summed E-state index contributed by atoms with van der Waals surface area (Å²) in [6.45, 7) is 5.19. The molecule has 6 heteroatoms. The van der Waals surface area contributed by atoms with Crippen LogP contribution >= 0.6 is 12.4 Å². The molecule has 1 rings (SSSR count). The number of esters is 1. The van der Waals surface area contributed by atoms with Gasteiger partial charge in [-0.15, -0.1) is 12.4 Å². The monoisotopic (exact) mass is 236 g/mol. The van der Waals surface area contributed by atoms with Crippen LogP contribution in [0.3, 0.4) is 0 Å². The van der Waals surface area contributed by atoms with Gasteiger partial charge in [-0.1, -0.05) is 0 Å². The summed E-state index contributed by atoms with van der Waals surface area (Å²) in [5.74, 6) is -0.714. The van der Waals surface area contributed by atoms with Crippen LogP contribution in [0.4, 0.5) is 0 Å². The van der Waals surface area contributed by atoms with Crippen molar-refractivity contribution in [3.05, 3.63) is 0 Å². The first-order valence-corrected chi connectivity index (χ1v) is 4.61. The fraction of sp³-hybridized carbons (Fsp3) is 0.778. The van der Waals surface area contributed by atoms with Gasteiger partial charge in [-0.25, -0.2) is 4.79 Å². The number of cyclic esters (lactones) is 1. The van der Waals surface area contributed by atoms with Crippen LogP contribution in [0.2, 0.25) is 0 Å². The van der Waals surface area contributed by atoms with Crippen molar-refractivity contribution >= 4 is 24.3 Å². The Hall–Kier alpha value is -0.810. The molecule has 15 heavy (non-hydrogen) atoms. The predicted molar refractivity (Wildman–Crippen MR) is 57.6 cm³/mol. The molecule has 0 spiro atoms. The van der Waals surface area contributed by atoms with E-state index in [0.29, 0.717) is 6.42 Å². The highest BCUT2D eigenvalue weighted by Crippen LogP contribution is 2.25. The lowest BCUT2D eigenvalue weighted by Crippen LogP contribution is -2.45. The molecule has 3 N–H and O–H groups in total. The molecule has 0 bridgehead atoms. The first-order chi connectivity index (χ1) is 6.32. The molecule has 1 aliphatic heterocycles. The van der Waals surface area contributed by atoms with E-state index in [1.54, 1.807) is 6.92 Å². The lowest BCUT2D eigenvalue weighted by atomic mass is 10.0. The van der Waals surface area contributed by atoms with Gasteiger partial charge in [0.15, 0.2) is 0 Å². The molecule has 0 aromatic carbocycles. The minimum atomic E-state index is -0.605. The second-order valence-corrected chi connectivity index (χ2v) is 4.23. The molecule has 5 nitrogen and oxygen atoms in total. The van der Waals surface area contributed by atoms with Gasteiger partial charge in [0.25, 0.3) is 0 Å². The van der Waals surface area contributed by atoms with E-state index in [9.17, 15) is 9.59 Å². The number of hydrogen-bond acceptors (Lipinski definition) is 4. The number of nitrogens with two attached hydrogens (primary N) is 1. The van der Waals surface area contributed by atoms with Crippen LogP contribution in [0.15, 0.2) is 0 Å². The zero-order valence-electron chi connectivity index (χ0n) is 9.07. The van der Waals surface area contributed by atoms with Crippen molar-refractivity contribution in [1.29, 1.82) is 0 Å². The highest BCUT2D eigenvalue weighted by molar-refractivity contribution is 5.88. The van der Waals surface area contributed by atoms with Gasteiger partial charge in [-0.3, -0.25) is 4.79 Å². The number of amides is 1. The van der Waals surface area contributed by atoms with Crippen molar-refractivity contribution in [3.63, 3.8) is 0 Å². The van der Waals surface area contributed by atoms with Gasteiger partial charge in [-0.2, -0.15) is 0 Å². The van der Waals surface area contributed by atoms with Gasteiger partial charge in [0, 0.05) is 6.42 Å². The smallest absolute Gasteiger partial charge is 0.329 e. The number of carbonyl (C=O) groups excluding carboxylic acids is 2. The molecule has 0 aromatic rings. The largest absolute Gasteiger partial charge is 0.458 e. The lowest BCUT2D eigenvalue weighted by molar-refractivity contribution is -0.148. The zero-order chi connectivity index (χ0) is 10.9. The Morgan fingerprint density at radius 2 is 2.20 bits per heavy atom. The van der Waals surface area contributed by atoms with E-state index in [4.69, 9.17) is 10.5 Å². The Labute approximate surface area is 95.1 Å². The molecule has 1 saturated heterocycles. The molecular weight excluding hydrogens is 220 g/mol. The van der Waals surface area contributed by atoms with E-state index >= 15 is 0 Å². The van der Waals surface area contributed by atoms with E-state index < -0.39 is 17.7 Å². The lowest BCUT2D eigenvalue weighted by Gasteiger charge is -2.14. The van der Waals surface area contributed by atoms with Gasteiger partial charge in [0.2, 0.25) is 5.91 Å². The molecule has 2 unspecified atom stereocenters. The third kappa shape index (κ3) is 3.68. The summed E-state index contributed by atoms with van der Waals surface area (Å²) < 4.78 is 5.05. The van der Waals surface area contributed by atoms with Crippen molar-refractivity contribution in [2.75, 3.05) is 0 Å². The Balaban J connectivity index is 0.00000196. The molecule has 0 radical (unpaired) electrons. The first-order valence-electron chi connectivity index (χ1n) is 4.61. The molecule has 0 saturated carbocycles. The van der Waals surface area contributed by atoms with Crippen molar-refractivity contribution in [2.45, 2.75) is 44.9 Å². The van der Waals surface area contributed by atoms with E-state index in [-0.39, 0.29) is 24.3 Å². The summed E-state index contributed by atoms with van der Waals surface area (Å²) in [5.41, 5.74) is 4.87. The number of hydrogen-bond donors (Lipinski definition) is 2. The highest BCUT2D eigenvalue weighted by Gasteiger charge is 2.40. The number of ether oxygens (including phenoxy) is 1. The highest BCUT2D eigenvalue weighted by atomic mass is 35.5. The average Bonchev–Trinajstić information content (AvgIpc) is 2.24. The molecule has 1 heterocycles. The normalized spacial score (nSPS) is 25.1. The maximum Gasteiger partial charge on any atom is 0.329 e. The van der Waals surface area contributed by atoms with Crippen LogP contribution < -0.4 is 11.1 Å². The average molecular weight is 237 g/mol. The van der Waals surface area contributed by atoms with E-state index in [0.717, 1.165) is 0 Å². The minimum absolute atomic E-state index is 0. The van der Waals surface area contributed by atoms with Crippen LogP contribution in [0.5, 0.6) is 0 Å². The van der Waals surface area contributed by atoms with Crippen molar-refractivity contribution in [2.24, 2.45) is 5.73 Å².